The molecule has 0 radical (unpaired) electrons. The van der Waals surface area contributed by atoms with E-state index in [1.54, 1.807) is 19.1 Å². The Hall–Kier alpha value is -4.23. The van der Waals surface area contributed by atoms with Gasteiger partial charge in [0.25, 0.3) is 0 Å². The zero-order chi connectivity index (χ0) is 27.4. The molecule has 0 aliphatic carbocycles. The van der Waals surface area contributed by atoms with Crippen molar-refractivity contribution in [3.05, 3.63) is 101 Å². The number of nitrogens with zero attached hydrogens (tertiary/aromatic N) is 1. The molecule has 0 saturated carbocycles. The number of pyridine rings is 1. The molecule has 6 nitrogen and oxygen atoms in total. The maximum absolute atomic E-state index is 13.1. The number of carboxylic acids is 1. The summed E-state index contributed by atoms with van der Waals surface area (Å²) in [5, 5.41) is 20.0. The molecular formula is C32H30FNO5. The lowest BCUT2D eigenvalue weighted by molar-refractivity contribution is -0.136. The van der Waals surface area contributed by atoms with Crippen LogP contribution in [0, 0.1) is 12.7 Å². The van der Waals surface area contributed by atoms with Crippen LogP contribution in [-0.4, -0.2) is 34.4 Å². The molecule has 1 aliphatic rings. The van der Waals surface area contributed by atoms with Gasteiger partial charge in [0, 0.05) is 17.7 Å². The highest BCUT2D eigenvalue weighted by Crippen LogP contribution is 2.41. The molecule has 1 aromatic heterocycles. The Bertz CT molecular complexity index is 1480. The van der Waals surface area contributed by atoms with Gasteiger partial charge in [0.05, 0.1) is 31.9 Å². The van der Waals surface area contributed by atoms with E-state index in [1.807, 2.05) is 36.4 Å². The monoisotopic (exact) mass is 527 g/mol. The van der Waals surface area contributed by atoms with Gasteiger partial charge in [-0.25, -0.2) is 4.39 Å². The lowest BCUT2D eigenvalue weighted by Gasteiger charge is -2.22. The van der Waals surface area contributed by atoms with E-state index in [9.17, 15) is 19.4 Å². The second kappa shape index (κ2) is 11.7. The summed E-state index contributed by atoms with van der Waals surface area (Å²) < 4.78 is 24.8. The minimum absolute atomic E-state index is 0.189. The van der Waals surface area contributed by atoms with E-state index >= 15 is 0 Å². The number of halogens is 1. The summed E-state index contributed by atoms with van der Waals surface area (Å²) >= 11 is 0. The summed E-state index contributed by atoms with van der Waals surface area (Å²) in [5.41, 5.74) is 6.87. The Kier molecular flexibility index (Phi) is 7.89. The Labute approximate surface area is 226 Å². The van der Waals surface area contributed by atoms with Crippen LogP contribution >= 0.6 is 0 Å². The van der Waals surface area contributed by atoms with E-state index in [2.05, 4.69) is 11.1 Å². The van der Waals surface area contributed by atoms with Crippen molar-refractivity contribution in [3.8, 4) is 33.8 Å². The number of aliphatic hydroxyl groups is 1. The van der Waals surface area contributed by atoms with Crippen LogP contribution in [0.5, 0.6) is 11.5 Å². The standard InChI is InChI=1S/C32H30FNO5/c1-20-27(18-30(36)37)31(24-8-13-29-23(17-24)3-2-15-39-29)32(28(19-35)34-20)22-6-11-26(12-7-22)38-16-14-21-4-9-25(33)10-5-21/h4-13,17,35H,2-3,14-16,18-19H2,1H3,(H,36,37). The molecule has 2 N–H and O–H groups in total. The van der Waals surface area contributed by atoms with Gasteiger partial charge in [0.15, 0.2) is 0 Å². The number of carboxylic acid groups (broad SMARTS) is 1. The average Bonchev–Trinajstić information content (AvgIpc) is 2.95. The van der Waals surface area contributed by atoms with Crippen molar-refractivity contribution in [1.82, 2.24) is 4.98 Å². The van der Waals surface area contributed by atoms with Gasteiger partial charge in [0.2, 0.25) is 0 Å². The maximum Gasteiger partial charge on any atom is 0.307 e. The number of ether oxygens (including phenoxy) is 2. The third-order valence-electron chi connectivity index (χ3n) is 6.97. The summed E-state index contributed by atoms with van der Waals surface area (Å²) in [6.45, 7) is 2.61. The molecule has 0 spiro atoms. The van der Waals surface area contributed by atoms with E-state index in [4.69, 9.17) is 9.47 Å². The first kappa shape index (κ1) is 26.4. The molecule has 0 fully saturated rings. The number of rotatable bonds is 9. The second-order valence-electron chi connectivity index (χ2n) is 9.62. The first-order chi connectivity index (χ1) is 18.9. The zero-order valence-electron chi connectivity index (χ0n) is 21.7. The third kappa shape index (κ3) is 5.94. The van der Waals surface area contributed by atoms with Crippen molar-refractivity contribution in [2.75, 3.05) is 13.2 Å². The number of fused-ring (bicyclic) bond motifs is 1. The van der Waals surface area contributed by atoms with Crippen LogP contribution in [0.2, 0.25) is 0 Å². The minimum atomic E-state index is -0.949. The Morgan fingerprint density at radius 3 is 2.49 bits per heavy atom. The molecule has 1 aliphatic heterocycles. The fourth-order valence-electron chi connectivity index (χ4n) is 5.08. The van der Waals surface area contributed by atoms with Crippen molar-refractivity contribution in [1.29, 1.82) is 0 Å². The van der Waals surface area contributed by atoms with E-state index in [-0.39, 0.29) is 18.8 Å². The van der Waals surface area contributed by atoms with E-state index in [1.165, 1.54) is 12.1 Å². The van der Waals surface area contributed by atoms with Gasteiger partial charge < -0.3 is 19.7 Å². The second-order valence-corrected chi connectivity index (χ2v) is 9.62. The highest BCUT2D eigenvalue weighted by molar-refractivity contribution is 5.90. The summed E-state index contributed by atoms with van der Waals surface area (Å²) in [7, 11) is 0. The van der Waals surface area contributed by atoms with E-state index in [0.717, 1.165) is 46.4 Å². The predicted molar refractivity (Wildman–Crippen MR) is 147 cm³/mol. The summed E-state index contributed by atoms with van der Waals surface area (Å²) in [6.07, 6.45) is 2.26. The van der Waals surface area contributed by atoms with Gasteiger partial charge in [-0.3, -0.25) is 9.78 Å². The van der Waals surface area contributed by atoms with Crippen LogP contribution < -0.4 is 9.47 Å². The first-order valence-electron chi connectivity index (χ1n) is 13.0. The molecule has 2 heterocycles. The Balaban J connectivity index is 1.51. The van der Waals surface area contributed by atoms with Gasteiger partial charge in [0.1, 0.15) is 17.3 Å². The first-order valence-corrected chi connectivity index (χ1v) is 13.0. The highest BCUT2D eigenvalue weighted by Gasteiger charge is 2.23. The fraction of sp³-hybridized carbons (Fsp3) is 0.250. The summed E-state index contributed by atoms with van der Waals surface area (Å²) in [4.78, 5) is 16.5. The van der Waals surface area contributed by atoms with Crippen molar-refractivity contribution in [3.63, 3.8) is 0 Å². The third-order valence-corrected chi connectivity index (χ3v) is 6.97. The van der Waals surface area contributed by atoms with Crippen molar-refractivity contribution < 1.29 is 28.9 Å². The lowest BCUT2D eigenvalue weighted by Crippen LogP contribution is -2.11. The number of aliphatic hydroxyl groups excluding tert-OH is 1. The van der Waals surface area contributed by atoms with Crippen LogP contribution in [0.3, 0.4) is 0 Å². The van der Waals surface area contributed by atoms with Crippen molar-refractivity contribution >= 4 is 5.97 Å². The molecule has 3 aromatic carbocycles. The fourth-order valence-corrected chi connectivity index (χ4v) is 5.08. The number of aliphatic carboxylic acids is 1. The van der Waals surface area contributed by atoms with Crippen LogP contribution in [0.25, 0.3) is 22.3 Å². The van der Waals surface area contributed by atoms with Gasteiger partial charge in [-0.15, -0.1) is 0 Å². The molecular weight excluding hydrogens is 497 g/mol. The Morgan fingerprint density at radius 1 is 1.03 bits per heavy atom. The number of hydrogen-bond donors (Lipinski definition) is 2. The normalized spacial score (nSPS) is 12.5. The van der Waals surface area contributed by atoms with E-state index < -0.39 is 5.97 Å². The number of benzene rings is 3. The van der Waals surface area contributed by atoms with Crippen LogP contribution in [-0.2, 0) is 30.7 Å². The molecule has 200 valence electrons. The molecule has 4 aromatic rings. The zero-order valence-corrected chi connectivity index (χ0v) is 21.7. The average molecular weight is 528 g/mol. The number of aromatic nitrogens is 1. The van der Waals surface area contributed by atoms with Gasteiger partial charge in [-0.1, -0.05) is 30.3 Å². The number of carbonyl (C=O) groups is 1. The van der Waals surface area contributed by atoms with Gasteiger partial charge in [-0.05, 0) is 89.5 Å². The smallest absolute Gasteiger partial charge is 0.307 e. The predicted octanol–water partition coefficient (Wildman–Crippen LogP) is 5.93. The molecule has 5 rings (SSSR count). The topological polar surface area (TPSA) is 88.9 Å². The van der Waals surface area contributed by atoms with Crippen LogP contribution in [0.1, 0.15) is 34.5 Å². The Morgan fingerprint density at radius 2 is 1.77 bits per heavy atom. The maximum atomic E-state index is 13.1. The van der Waals surface area contributed by atoms with Gasteiger partial charge in [-0.2, -0.15) is 0 Å². The van der Waals surface area contributed by atoms with Crippen molar-refractivity contribution in [2.24, 2.45) is 0 Å². The molecule has 0 atom stereocenters. The summed E-state index contributed by atoms with van der Waals surface area (Å²) in [5.74, 6) is 0.305. The van der Waals surface area contributed by atoms with E-state index in [0.29, 0.717) is 47.9 Å². The SMILES string of the molecule is Cc1nc(CO)c(-c2ccc(OCCc3ccc(F)cc3)cc2)c(-c2ccc3c(c2)CCCO3)c1CC(=O)O. The van der Waals surface area contributed by atoms with Gasteiger partial charge >= 0.3 is 5.97 Å². The molecule has 39 heavy (non-hydrogen) atoms. The molecule has 0 amide bonds. The van der Waals surface area contributed by atoms with Crippen molar-refractivity contribution in [2.45, 2.75) is 39.2 Å². The molecule has 0 bridgehead atoms. The molecule has 7 heteroatoms. The molecule has 0 saturated heterocycles. The number of hydrogen-bond acceptors (Lipinski definition) is 5. The molecule has 0 unspecified atom stereocenters. The largest absolute Gasteiger partial charge is 0.493 e. The highest BCUT2D eigenvalue weighted by atomic mass is 19.1. The van der Waals surface area contributed by atoms with Crippen LogP contribution in [0.4, 0.5) is 4.39 Å². The summed E-state index contributed by atoms with van der Waals surface area (Å²) in [6, 6.07) is 19.8. The quantitative estimate of drug-likeness (QED) is 0.281. The lowest BCUT2D eigenvalue weighted by atomic mass is 9.86. The number of aryl methyl sites for hydroxylation is 2. The van der Waals surface area contributed by atoms with Crippen LogP contribution in [0.15, 0.2) is 66.7 Å². The minimum Gasteiger partial charge on any atom is -0.493 e.